The third-order valence-electron chi connectivity index (χ3n) is 6.56. The Morgan fingerprint density at radius 1 is 0.892 bits per heavy atom. The van der Waals surface area contributed by atoms with E-state index >= 15 is 0 Å². The second kappa shape index (κ2) is 13.3. The first kappa shape index (κ1) is 28.2. The standard InChI is InChI=1S/C30H35N3O3.ClH/c1-4-36-30(35)26-14-15-28(33-18-16-32(17-19-33)21-23-8-6-5-7-9-23)27(20-26)31-29(34)25-12-10-24(11-13-25)22(2)3;/h5-15,20,22H,4,16-19,21H2,1-3H3,(H,31,34);1H. The van der Waals surface area contributed by atoms with Crippen LogP contribution < -0.4 is 10.2 Å². The van der Waals surface area contributed by atoms with Crippen molar-refractivity contribution in [3.63, 3.8) is 0 Å². The van der Waals surface area contributed by atoms with E-state index in [1.54, 1.807) is 19.1 Å². The van der Waals surface area contributed by atoms with E-state index in [1.165, 1.54) is 11.1 Å². The van der Waals surface area contributed by atoms with Gasteiger partial charge in [-0.2, -0.15) is 0 Å². The van der Waals surface area contributed by atoms with Gasteiger partial charge in [-0.25, -0.2) is 4.79 Å². The van der Waals surface area contributed by atoms with Gasteiger partial charge >= 0.3 is 5.97 Å². The summed E-state index contributed by atoms with van der Waals surface area (Å²) >= 11 is 0. The number of hydrogen-bond donors (Lipinski definition) is 1. The molecule has 0 radical (unpaired) electrons. The molecule has 1 aliphatic heterocycles. The average Bonchev–Trinajstić information content (AvgIpc) is 2.90. The molecule has 1 heterocycles. The number of ether oxygens (including phenoxy) is 1. The summed E-state index contributed by atoms with van der Waals surface area (Å²) in [7, 11) is 0. The van der Waals surface area contributed by atoms with Gasteiger partial charge in [0.15, 0.2) is 0 Å². The van der Waals surface area contributed by atoms with Crippen molar-refractivity contribution in [3.05, 3.63) is 95.1 Å². The van der Waals surface area contributed by atoms with Crippen LogP contribution in [0, 0.1) is 0 Å². The van der Waals surface area contributed by atoms with Crippen LogP contribution in [0.1, 0.15) is 58.5 Å². The second-order valence-corrected chi connectivity index (χ2v) is 9.43. The van der Waals surface area contributed by atoms with Crippen molar-refractivity contribution in [1.82, 2.24) is 4.90 Å². The highest BCUT2D eigenvalue weighted by Crippen LogP contribution is 2.30. The normalized spacial score (nSPS) is 13.7. The molecule has 1 saturated heterocycles. The summed E-state index contributed by atoms with van der Waals surface area (Å²) in [5, 5.41) is 3.06. The van der Waals surface area contributed by atoms with E-state index in [0.29, 0.717) is 29.3 Å². The van der Waals surface area contributed by atoms with Crippen molar-refractivity contribution in [2.75, 3.05) is 43.0 Å². The molecular formula is C30H36ClN3O3. The van der Waals surface area contributed by atoms with E-state index in [1.807, 2.05) is 36.4 Å². The van der Waals surface area contributed by atoms with Gasteiger partial charge in [-0.1, -0.05) is 56.3 Å². The zero-order chi connectivity index (χ0) is 25.5. The minimum absolute atomic E-state index is 0. The molecule has 4 rings (SSSR count). The Bertz CT molecular complexity index is 1170. The van der Waals surface area contributed by atoms with Gasteiger partial charge < -0.3 is 15.0 Å². The lowest BCUT2D eigenvalue weighted by atomic mass is 10.0. The second-order valence-electron chi connectivity index (χ2n) is 9.43. The summed E-state index contributed by atoms with van der Waals surface area (Å²) in [4.78, 5) is 30.3. The first-order valence-electron chi connectivity index (χ1n) is 12.7. The molecular weight excluding hydrogens is 486 g/mol. The number of esters is 1. The van der Waals surface area contributed by atoms with Crippen molar-refractivity contribution < 1.29 is 14.3 Å². The van der Waals surface area contributed by atoms with Crippen LogP contribution in [0.25, 0.3) is 0 Å². The van der Waals surface area contributed by atoms with Crippen molar-refractivity contribution >= 4 is 35.7 Å². The summed E-state index contributed by atoms with van der Waals surface area (Å²) in [5.41, 5.74) is 5.03. The Kier molecular flexibility index (Phi) is 10.1. The van der Waals surface area contributed by atoms with Crippen molar-refractivity contribution in [2.45, 2.75) is 33.2 Å². The van der Waals surface area contributed by atoms with Crippen molar-refractivity contribution in [3.8, 4) is 0 Å². The molecule has 1 fully saturated rings. The highest BCUT2D eigenvalue weighted by atomic mass is 35.5. The van der Waals surface area contributed by atoms with Crippen LogP contribution in [0.4, 0.5) is 11.4 Å². The maximum Gasteiger partial charge on any atom is 0.338 e. The number of anilines is 2. The number of halogens is 1. The van der Waals surface area contributed by atoms with Gasteiger partial charge in [-0.3, -0.25) is 9.69 Å². The number of carbonyl (C=O) groups excluding carboxylic acids is 2. The third-order valence-corrected chi connectivity index (χ3v) is 6.56. The molecule has 0 spiro atoms. The summed E-state index contributed by atoms with van der Waals surface area (Å²) < 4.78 is 5.19. The van der Waals surface area contributed by atoms with Gasteiger partial charge in [0.25, 0.3) is 5.91 Å². The fourth-order valence-electron chi connectivity index (χ4n) is 4.46. The quantitative estimate of drug-likeness (QED) is 0.369. The highest BCUT2D eigenvalue weighted by Gasteiger charge is 2.22. The number of nitrogens with one attached hydrogen (secondary N) is 1. The Labute approximate surface area is 226 Å². The summed E-state index contributed by atoms with van der Waals surface area (Å²) in [6.07, 6.45) is 0. The van der Waals surface area contributed by atoms with Crippen molar-refractivity contribution in [1.29, 1.82) is 0 Å². The first-order chi connectivity index (χ1) is 17.4. The van der Waals surface area contributed by atoms with Crippen LogP contribution in [0.2, 0.25) is 0 Å². The summed E-state index contributed by atoms with van der Waals surface area (Å²) in [6, 6.07) is 23.6. The fraction of sp³-hybridized carbons (Fsp3) is 0.333. The molecule has 0 saturated carbocycles. The lowest BCUT2D eigenvalue weighted by molar-refractivity contribution is 0.0526. The van der Waals surface area contributed by atoms with Gasteiger partial charge in [0.05, 0.1) is 23.5 Å². The molecule has 0 atom stereocenters. The van der Waals surface area contributed by atoms with Gasteiger partial charge in [0.1, 0.15) is 0 Å². The number of benzene rings is 3. The first-order valence-corrected chi connectivity index (χ1v) is 12.7. The number of rotatable bonds is 8. The molecule has 6 nitrogen and oxygen atoms in total. The van der Waals surface area contributed by atoms with Gasteiger partial charge in [0, 0.05) is 38.3 Å². The van der Waals surface area contributed by atoms with E-state index in [0.717, 1.165) is 38.4 Å². The number of piperazine rings is 1. The Balaban J connectivity index is 0.00000380. The van der Waals surface area contributed by atoms with Crippen LogP contribution in [0.15, 0.2) is 72.8 Å². The van der Waals surface area contributed by atoms with E-state index < -0.39 is 5.97 Å². The predicted octanol–water partition coefficient (Wildman–Crippen LogP) is 5.98. The van der Waals surface area contributed by atoms with Crippen LogP contribution in [-0.2, 0) is 11.3 Å². The van der Waals surface area contributed by atoms with Crippen LogP contribution in [0.5, 0.6) is 0 Å². The maximum atomic E-state index is 13.1. The Morgan fingerprint density at radius 2 is 1.54 bits per heavy atom. The largest absolute Gasteiger partial charge is 0.462 e. The molecule has 0 bridgehead atoms. The van der Waals surface area contributed by atoms with Gasteiger partial charge in [-0.15, -0.1) is 12.4 Å². The topological polar surface area (TPSA) is 61.9 Å². The SMILES string of the molecule is CCOC(=O)c1ccc(N2CCN(Cc3ccccc3)CC2)c(NC(=O)c2ccc(C(C)C)cc2)c1.Cl. The van der Waals surface area contributed by atoms with Crippen molar-refractivity contribution in [2.24, 2.45) is 0 Å². The number of amides is 1. The molecule has 1 N–H and O–H groups in total. The van der Waals surface area contributed by atoms with Gasteiger partial charge in [-0.05, 0) is 54.3 Å². The number of carbonyl (C=O) groups is 2. The summed E-state index contributed by atoms with van der Waals surface area (Å²) in [6.45, 7) is 10.8. The molecule has 7 heteroatoms. The minimum Gasteiger partial charge on any atom is -0.462 e. The third kappa shape index (κ3) is 7.34. The molecule has 1 amide bonds. The lowest BCUT2D eigenvalue weighted by Crippen LogP contribution is -2.46. The zero-order valence-electron chi connectivity index (χ0n) is 21.8. The van der Waals surface area contributed by atoms with Crippen LogP contribution >= 0.6 is 12.4 Å². The molecule has 0 unspecified atom stereocenters. The molecule has 37 heavy (non-hydrogen) atoms. The Hall–Kier alpha value is -3.35. The molecule has 3 aromatic carbocycles. The molecule has 0 aromatic heterocycles. The van der Waals surface area contributed by atoms with E-state index in [4.69, 9.17) is 4.74 Å². The average molecular weight is 522 g/mol. The Morgan fingerprint density at radius 3 is 2.16 bits per heavy atom. The molecule has 196 valence electrons. The van der Waals surface area contributed by atoms with E-state index in [9.17, 15) is 9.59 Å². The number of nitrogens with zero attached hydrogens (tertiary/aromatic N) is 2. The molecule has 0 aliphatic carbocycles. The predicted molar refractivity (Wildman–Crippen MR) is 152 cm³/mol. The lowest BCUT2D eigenvalue weighted by Gasteiger charge is -2.37. The smallest absolute Gasteiger partial charge is 0.338 e. The van der Waals surface area contributed by atoms with Crippen LogP contribution in [-0.4, -0.2) is 49.6 Å². The molecule has 3 aromatic rings. The fourth-order valence-corrected chi connectivity index (χ4v) is 4.46. The zero-order valence-corrected chi connectivity index (χ0v) is 22.6. The molecule has 1 aliphatic rings. The minimum atomic E-state index is -0.395. The highest BCUT2D eigenvalue weighted by molar-refractivity contribution is 6.07. The maximum absolute atomic E-state index is 13.1. The summed E-state index contributed by atoms with van der Waals surface area (Å²) in [5.74, 6) is -0.195. The number of hydrogen-bond acceptors (Lipinski definition) is 5. The van der Waals surface area contributed by atoms with E-state index in [-0.39, 0.29) is 18.3 Å². The van der Waals surface area contributed by atoms with E-state index in [2.05, 4.69) is 53.2 Å². The van der Waals surface area contributed by atoms with Gasteiger partial charge in [0.2, 0.25) is 0 Å². The van der Waals surface area contributed by atoms with Crippen LogP contribution in [0.3, 0.4) is 0 Å². The monoisotopic (exact) mass is 521 g/mol.